The number of ether oxygens (including phenoxy) is 1. The van der Waals surface area contributed by atoms with Crippen LogP contribution in [0.4, 0.5) is 4.79 Å². The summed E-state index contributed by atoms with van der Waals surface area (Å²) in [6.45, 7) is 0. The summed E-state index contributed by atoms with van der Waals surface area (Å²) >= 11 is 5.34. The fraction of sp³-hybridized carbons (Fsp3) is 0.462. The van der Waals surface area contributed by atoms with E-state index >= 15 is 0 Å². The number of rotatable bonds is 3. The molecule has 0 amide bonds. The summed E-state index contributed by atoms with van der Waals surface area (Å²) in [4.78, 5) is 10.9. The van der Waals surface area contributed by atoms with Gasteiger partial charge in [0.15, 0.2) is 0 Å². The van der Waals surface area contributed by atoms with Crippen LogP contribution in [0.2, 0.25) is 0 Å². The quantitative estimate of drug-likeness (QED) is 0.735. The summed E-state index contributed by atoms with van der Waals surface area (Å²) in [7, 11) is 0. The topological polar surface area (TPSA) is 26.3 Å². The summed E-state index contributed by atoms with van der Waals surface area (Å²) in [5, 5.41) is 0. The average molecular weight is 239 g/mol. The van der Waals surface area contributed by atoms with Gasteiger partial charge in [-0.1, -0.05) is 43.2 Å². The van der Waals surface area contributed by atoms with Crippen LogP contribution in [-0.2, 0) is 4.74 Å². The van der Waals surface area contributed by atoms with Gasteiger partial charge in [0.1, 0.15) is 6.10 Å². The number of carbonyl (C=O) groups excluding carboxylic acids is 1. The van der Waals surface area contributed by atoms with Crippen LogP contribution < -0.4 is 0 Å². The van der Waals surface area contributed by atoms with Crippen LogP contribution in [-0.4, -0.2) is 5.43 Å². The molecule has 1 saturated carbocycles. The Labute approximate surface area is 101 Å². The van der Waals surface area contributed by atoms with E-state index in [-0.39, 0.29) is 6.10 Å². The van der Waals surface area contributed by atoms with E-state index in [9.17, 15) is 4.79 Å². The highest BCUT2D eigenvalue weighted by Crippen LogP contribution is 2.38. The summed E-state index contributed by atoms with van der Waals surface area (Å²) in [5.74, 6) is 0.421. The predicted molar refractivity (Wildman–Crippen MR) is 63.5 cm³/mol. The molecular weight excluding hydrogens is 224 g/mol. The molecule has 3 heteroatoms. The smallest absolute Gasteiger partial charge is 0.404 e. The SMILES string of the molecule is O=C(Cl)OC(c1ccccc1)C1CCCC1. The fourth-order valence-corrected chi connectivity index (χ4v) is 2.54. The first-order valence-corrected chi connectivity index (χ1v) is 6.06. The van der Waals surface area contributed by atoms with Crippen LogP contribution in [0, 0.1) is 5.92 Å². The van der Waals surface area contributed by atoms with Crippen molar-refractivity contribution in [3.05, 3.63) is 35.9 Å². The lowest BCUT2D eigenvalue weighted by Gasteiger charge is -2.22. The van der Waals surface area contributed by atoms with E-state index in [1.165, 1.54) is 12.8 Å². The van der Waals surface area contributed by atoms with Gasteiger partial charge in [0.2, 0.25) is 0 Å². The minimum Gasteiger partial charge on any atom is -0.445 e. The van der Waals surface area contributed by atoms with Crippen molar-refractivity contribution in [2.24, 2.45) is 5.92 Å². The number of halogens is 1. The molecule has 86 valence electrons. The van der Waals surface area contributed by atoms with Crippen molar-refractivity contribution in [3.8, 4) is 0 Å². The first kappa shape index (κ1) is 11.5. The normalized spacial score (nSPS) is 18.3. The lowest BCUT2D eigenvalue weighted by Crippen LogP contribution is -2.14. The Morgan fingerprint density at radius 1 is 1.25 bits per heavy atom. The molecule has 2 rings (SSSR count). The fourth-order valence-electron chi connectivity index (χ4n) is 2.44. The Hall–Kier alpha value is -1.02. The molecule has 1 fully saturated rings. The molecule has 0 radical (unpaired) electrons. The molecule has 0 bridgehead atoms. The molecule has 16 heavy (non-hydrogen) atoms. The van der Waals surface area contributed by atoms with Crippen LogP contribution in [0.5, 0.6) is 0 Å². The zero-order valence-corrected chi connectivity index (χ0v) is 9.82. The zero-order valence-electron chi connectivity index (χ0n) is 9.06. The first-order chi connectivity index (χ1) is 7.77. The van der Waals surface area contributed by atoms with Crippen LogP contribution >= 0.6 is 11.6 Å². The third-order valence-electron chi connectivity index (χ3n) is 3.18. The molecule has 0 N–H and O–H groups in total. The average Bonchev–Trinajstić information content (AvgIpc) is 2.80. The molecule has 1 aromatic rings. The summed E-state index contributed by atoms with van der Waals surface area (Å²) in [6, 6.07) is 9.85. The number of hydrogen-bond acceptors (Lipinski definition) is 2. The molecule has 0 spiro atoms. The van der Waals surface area contributed by atoms with Gasteiger partial charge in [0, 0.05) is 17.5 Å². The summed E-state index contributed by atoms with van der Waals surface area (Å²) in [6.07, 6.45) is 4.49. The Balaban J connectivity index is 2.16. The molecule has 2 nitrogen and oxygen atoms in total. The second kappa shape index (κ2) is 5.35. The van der Waals surface area contributed by atoms with Crippen LogP contribution in [0.3, 0.4) is 0 Å². The van der Waals surface area contributed by atoms with Gasteiger partial charge in [-0.2, -0.15) is 0 Å². The van der Waals surface area contributed by atoms with E-state index in [0.29, 0.717) is 5.92 Å². The van der Waals surface area contributed by atoms with Crippen molar-refractivity contribution >= 4 is 17.0 Å². The molecule has 0 heterocycles. The van der Waals surface area contributed by atoms with E-state index in [2.05, 4.69) is 0 Å². The van der Waals surface area contributed by atoms with E-state index < -0.39 is 5.43 Å². The molecule has 1 unspecified atom stereocenters. The standard InChI is InChI=1S/C13H15ClO2/c14-13(15)16-12(11-8-4-5-9-11)10-6-2-1-3-7-10/h1-3,6-7,11-12H,4-5,8-9H2. The Bertz CT molecular complexity index is 344. The van der Waals surface area contributed by atoms with Gasteiger partial charge in [-0.25, -0.2) is 4.79 Å². The number of carbonyl (C=O) groups is 1. The molecule has 1 aliphatic rings. The Morgan fingerprint density at radius 3 is 2.44 bits per heavy atom. The van der Waals surface area contributed by atoms with Gasteiger partial charge < -0.3 is 4.74 Å². The lowest BCUT2D eigenvalue weighted by molar-refractivity contribution is 0.0816. The van der Waals surface area contributed by atoms with E-state index in [4.69, 9.17) is 16.3 Å². The zero-order chi connectivity index (χ0) is 11.4. The van der Waals surface area contributed by atoms with Crippen LogP contribution in [0.25, 0.3) is 0 Å². The second-order valence-electron chi connectivity index (χ2n) is 4.23. The lowest BCUT2D eigenvalue weighted by atomic mass is 9.94. The summed E-state index contributed by atoms with van der Waals surface area (Å²) < 4.78 is 5.25. The van der Waals surface area contributed by atoms with Crippen molar-refractivity contribution in [1.29, 1.82) is 0 Å². The van der Waals surface area contributed by atoms with E-state index in [1.54, 1.807) is 0 Å². The molecule has 0 aliphatic heterocycles. The molecule has 1 aromatic carbocycles. The van der Waals surface area contributed by atoms with Crippen molar-refractivity contribution in [1.82, 2.24) is 0 Å². The van der Waals surface area contributed by atoms with Crippen molar-refractivity contribution in [3.63, 3.8) is 0 Å². The van der Waals surface area contributed by atoms with Crippen molar-refractivity contribution < 1.29 is 9.53 Å². The highest BCUT2D eigenvalue weighted by atomic mass is 35.5. The van der Waals surface area contributed by atoms with Crippen molar-refractivity contribution in [2.75, 3.05) is 0 Å². The monoisotopic (exact) mass is 238 g/mol. The maximum Gasteiger partial charge on any atom is 0.404 e. The van der Waals surface area contributed by atoms with Crippen molar-refractivity contribution in [2.45, 2.75) is 31.8 Å². The highest BCUT2D eigenvalue weighted by molar-refractivity contribution is 6.61. The van der Waals surface area contributed by atoms with Gasteiger partial charge in [-0.3, -0.25) is 0 Å². The maximum atomic E-state index is 10.9. The molecule has 1 aliphatic carbocycles. The molecule has 0 aromatic heterocycles. The second-order valence-corrected chi connectivity index (χ2v) is 4.54. The number of hydrogen-bond donors (Lipinski definition) is 0. The Morgan fingerprint density at radius 2 is 1.88 bits per heavy atom. The minimum absolute atomic E-state index is 0.173. The maximum absolute atomic E-state index is 10.9. The molecule has 0 saturated heterocycles. The predicted octanol–water partition coefficient (Wildman–Crippen LogP) is 4.29. The largest absolute Gasteiger partial charge is 0.445 e. The Kier molecular flexibility index (Phi) is 3.83. The molecule has 1 atom stereocenters. The van der Waals surface area contributed by atoms with E-state index in [1.807, 2.05) is 30.3 Å². The highest BCUT2D eigenvalue weighted by Gasteiger charge is 2.28. The summed E-state index contributed by atoms with van der Waals surface area (Å²) in [5.41, 5.74) is 0.337. The third-order valence-corrected chi connectivity index (χ3v) is 3.26. The van der Waals surface area contributed by atoms with Crippen LogP contribution in [0.15, 0.2) is 30.3 Å². The van der Waals surface area contributed by atoms with Gasteiger partial charge >= 0.3 is 5.43 Å². The van der Waals surface area contributed by atoms with Crippen LogP contribution in [0.1, 0.15) is 37.4 Å². The minimum atomic E-state index is -0.708. The third kappa shape index (κ3) is 2.76. The molecular formula is C13H15ClO2. The number of benzene rings is 1. The van der Waals surface area contributed by atoms with Gasteiger partial charge in [0.25, 0.3) is 0 Å². The van der Waals surface area contributed by atoms with E-state index in [0.717, 1.165) is 18.4 Å². The first-order valence-electron chi connectivity index (χ1n) is 5.68. The van der Waals surface area contributed by atoms with Gasteiger partial charge in [-0.15, -0.1) is 0 Å². The van der Waals surface area contributed by atoms with Gasteiger partial charge in [-0.05, 0) is 18.4 Å². The van der Waals surface area contributed by atoms with Gasteiger partial charge in [0.05, 0.1) is 0 Å².